The normalized spacial score (nSPS) is 20.8. The molecule has 6 rings (SSSR count). The second-order valence-corrected chi connectivity index (χ2v) is 11.4. The molecule has 1 spiro atoms. The summed E-state index contributed by atoms with van der Waals surface area (Å²) in [6.07, 6.45) is 10.8. The van der Waals surface area contributed by atoms with Gasteiger partial charge in [-0.1, -0.05) is 6.42 Å². The number of likely N-dealkylation sites (tertiary alicyclic amines) is 1. The van der Waals surface area contributed by atoms with E-state index in [4.69, 9.17) is 4.98 Å². The lowest BCUT2D eigenvalue weighted by Gasteiger charge is -2.39. The molecule has 1 aliphatic carbocycles. The molecular weight excluding hydrogens is 464 g/mol. The Morgan fingerprint density at radius 1 is 1.03 bits per heavy atom. The van der Waals surface area contributed by atoms with E-state index in [9.17, 15) is 9.59 Å². The fourth-order valence-electron chi connectivity index (χ4n) is 6.76. The first kappa shape index (κ1) is 24.5. The third kappa shape index (κ3) is 5.00. The number of nitrogens with zero attached hydrogens (tertiary/aromatic N) is 3. The number of fused-ring (bicyclic) bond motifs is 3. The van der Waals surface area contributed by atoms with Gasteiger partial charge in [-0.05, 0) is 101 Å². The van der Waals surface area contributed by atoms with Crippen molar-refractivity contribution < 1.29 is 4.79 Å². The predicted octanol–water partition coefficient (Wildman–Crippen LogP) is 3.22. The van der Waals surface area contributed by atoms with Crippen molar-refractivity contribution in [2.24, 2.45) is 0 Å². The minimum Gasteiger partial charge on any atom is -0.384 e. The van der Waals surface area contributed by atoms with Crippen LogP contribution in [0.5, 0.6) is 0 Å². The van der Waals surface area contributed by atoms with Crippen molar-refractivity contribution in [3.05, 3.63) is 50.9 Å². The van der Waals surface area contributed by atoms with Crippen molar-refractivity contribution in [3.8, 4) is 0 Å². The Labute approximate surface area is 219 Å². The zero-order chi connectivity index (χ0) is 25.2. The van der Waals surface area contributed by atoms with E-state index < -0.39 is 0 Å². The minimum absolute atomic E-state index is 0.0187. The van der Waals surface area contributed by atoms with Crippen molar-refractivity contribution in [1.29, 1.82) is 0 Å². The van der Waals surface area contributed by atoms with Crippen LogP contribution in [0, 0.1) is 0 Å². The summed E-state index contributed by atoms with van der Waals surface area (Å²) in [5.41, 5.74) is 5.10. The Morgan fingerprint density at radius 3 is 2.68 bits per heavy atom. The fourth-order valence-corrected chi connectivity index (χ4v) is 6.76. The second-order valence-electron chi connectivity index (χ2n) is 11.4. The Balaban J connectivity index is 1.09. The number of amides is 1. The van der Waals surface area contributed by atoms with Gasteiger partial charge in [0, 0.05) is 48.4 Å². The first-order valence-electron chi connectivity index (χ1n) is 14.4. The first-order valence-corrected chi connectivity index (χ1v) is 14.4. The van der Waals surface area contributed by atoms with E-state index in [2.05, 4.69) is 37.6 Å². The van der Waals surface area contributed by atoms with E-state index in [0.717, 1.165) is 106 Å². The second kappa shape index (κ2) is 10.5. The van der Waals surface area contributed by atoms with Crippen molar-refractivity contribution >= 4 is 17.5 Å². The molecule has 8 heteroatoms. The fraction of sp³-hybridized carbons (Fsp3) is 0.621. The van der Waals surface area contributed by atoms with Crippen LogP contribution in [0.2, 0.25) is 0 Å². The van der Waals surface area contributed by atoms with Crippen molar-refractivity contribution in [3.63, 3.8) is 0 Å². The molecule has 4 aliphatic rings. The van der Waals surface area contributed by atoms with Gasteiger partial charge >= 0.3 is 0 Å². The molecular formula is C29H40N6O2. The van der Waals surface area contributed by atoms with Crippen LogP contribution in [0.4, 0.5) is 11.6 Å². The summed E-state index contributed by atoms with van der Waals surface area (Å²) in [7, 11) is 0. The average molecular weight is 505 g/mol. The molecule has 8 nitrogen and oxygen atoms in total. The minimum atomic E-state index is 0.0187. The number of aromatic amines is 1. The summed E-state index contributed by atoms with van der Waals surface area (Å²) in [4.78, 5) is 38.3. The van der Waals surface area contributed by atoms with Crippen LogP contribution in [0.25, 0.3) is 0 Å². The molecule has 0 unspecified atom stereocenters. The molecule has 37 heavy (non-hydrogen) atoms. The lowest BCUT2D eigenvalue weighted by atomic mass is 9.74. The molecule has 0 radical (unpaired) electrons. The number of rotatable bonds is 6. The summed E-state index contributed by atoms with van der Waals surface area (Å²) >= 11 is 0. The molecule has 3 N–H and O–H groups in total. The van der Waals surface area contributed by atoms with Crippen LogP contribution in [0.15, 0.2) is 23.0 Å². The van der Waals surface area contributed by atoms with E-state index in [1.165, 1.54) is 37.9 Å². The van der Waals surface area contributed by atoms with Gasteiger partial charge in [-0.25, -0.2) is 4.98 Å². The van der Waals surface area contributed by atoms with Gasteiger partial charge in [0.15, 0.2) is 0 Å². The first-order chi connectivity index (χ1) is 18.1. The number of carbonyl (C=O) groups is 1. The van der Waals surface area contributed by atoms with Gasteiger partial charge in [0.05, 0.1) is 5.69 Å². The third-order valence-corrected chi connectivity index (χ3v) is 9.05. The molecule has 1 aromatic carbocycles. The average Bonchev–Trinajstić information content (AvgIpc) is 3.29. The summed E-state index contributed by atoms with van der Waals surface area (Å²) in [5, 5.41) is 6.73. The number of H-pyrrole nitrogens is 1. The number of nitrogens with one attached hydrogen (secondary N) is 3. The monoisotopic (exact) mass is 504 g/mol. The largest absolute Gasteiger partial charge is 0.384 e. The van der Waals surface area contributed by atoms with Gasteiger partial charge in [-0.2, -0.15) is 0 Å². The molecule has 0 atom stereocenters. The van der Waals surface area contributed by atoms with Crippen LogP contribution < -0.4 is 21.1 Å². The predicted molar refractivity (Wildman–Crippen MR) is 147 cm³/mol. The number of hydrogen-bond acceptors (Lipinski definition) is 6. The van der Waals surface area contributed by atoms with Crippen molar-refractivity contribution in [1.82, 2.24) is 20.2 Å². The maximum absolute atomic E-state index is 13.0. The molecule has 2 fully saturated rings. The standard InChI is InChI=1S/C29H40N6O2/c36-26(30-13-6-16-34-14-4-1-5-15-34)21-9-10-25-23(19-21)29(20-31-25)11-17-35(18-12-29)28-32-24-8-3-2-7-22(24)27(37)33-28/h9-10,19,31H,1-8,11-18,20H2,(H,30,36)(H,32,33,37). The summed E-state index contributed by atoms with van der Waals surface area (Å²) in [6.45, 7) is 6.76. The Morgan fingerprint density at radius 2 is 1.84 bits per heavy atom. The van der Waals surface area contributed by atoms with E-state index in [0.29, 0.717) is 0 Å². The highest BCUT2D eigenvalue weighted by atomic mass is 16.1. The van der Waals surface area contributed by atoms with E-state index in [-0.39, 0.29) is 16.9 Å². The number of piperidine rings is 2. The van der Waals surface area contributed by atoms with E-state index in [1.54, 1.807) is 0 Å². The quantitative estimate of drug-likeness (QED) is 0.523. The Bertz CT molecular complexity index is 1190. The molecule has 1 aromatic heterocycles. The molecule has 2 aromatic rings. The van der Waals surface area contributed by atoms with Gasteiger partial charge in [-0.3, -0.25) is 14.6 Å². The Hall–Kier alpha value is -2.87. The topological polar surface area (TPSA) is 93.4 Å². The molecule has 3 aliphatic heterocycles. The molecule has 198 valence electrons. The van der Waals surface area contributed by atoms with Gasteiger partial charge in [-0.15, -0.1) is 0 Å². The van der Waals surface area contributed by atoms with Gasteiger partial charge < -0.3 is 20.4 Å². The van der Waals surface area contributed by atoms with Crippen LogP contribution in [-0.4, -0.2) is 66.6 Å². The molecule has 1 amide bonds. The number of aryl methyl sites for hydroxylation is 1. The maximum atomic E-state index is 13.0. The highest BCUT2D eigenvalue weighted by molar-refractivity contribution is 5.95. The van der Waals surface area contributed by atoms with Gasteiger partial charge in [0.2, 0.25) is 5.95 Å². The van der Waals surface area contributed by atoms with Crippen LogP contribution in [0.3, 0.4) is 0 Å². The zero-order valence-corrected chi connectivity index (χ0v) is 21.9. The molecule has 0 bridgehead atoms. The number of aromatic nitrogens is 2. The van der Waals surface area contributed by atoms with E-state index in [1.807, 2.05) is 6.07 Å². The molecule has 4 heterocycles. The number of hydrogen-bond donors (Lipinski definition) is 3. The lowest BCUT2D eigenvalue weighted by molar-refractivity contribution is 0.0951. The smallest absolute Gasteiger partial charge is 0.255 e. The lowest BCUT2D eigenvalue weighted by Crippen LogP contribution is -2.45. The van der Waals surface area contributed by atoms with Crippen LogP contribution in [0.1, 0.15) is 78.5 Å². The van der Waals surface area contributed by atoms with Crippen molar-refractivity contribution in [2.75, 3.05) is 56.0 Å². The number of carbonyl (C=O) groups excluding carboxylic acids is 1. The summed E-state index contributed by atoms with van der Waals surface area (Å²) < 4.78 is 0. The third-order valence-electron chi connectivity index (χ3n) is 9.05. The van der Waals surface area contributed by atoms with Gasteiger partial charge in [0.1, 0.15) is 0 Å². The summed E-state index contributed by atoms with van der Waals surface area (Å²) in [6, 6.07) is 6.13. The maximum Gasteiger partial charge on any atom is 0.255 e. The van der Waals surface area contributed by atoms with Gasteiger partial charge in [0.25, 0.3) is 11.5 Å². The van der Waals surface area contributed by atoms with Crippen LogP contribution >= 0.6 is 0 Å². The van der Waals surface area contributed by atoms with E-state index >= 15 is 0 Å². The molecule has 2 saturated heterocycles. The summed E-state index contributed by atoms with van der Waals surface area (Å²) in [5.74, 6) is 0.751. The highest BCUT2D eigenvalue weighted by Gasteiger charge is 2.42. The SMILES string of the molecule is O=C(NCCCN1CCCCC1)c1ccc2c(c1)C1(CCN(c3nc4c(c(=O)[nH]3)CCCC4)CC1)CN2. The molecule has 0 saturated carbocycles. The Kier molecular flexibility index (Phi) is 6.93. The zero-order valence-electron chi connectivity index (χ0n) is 21.9. The number of benzene rings is 1. The van der Waals surface area contributed by atoms with Crippen LogP contribution in [-0.2, 0) is 18.3 Å². The van der Waals surface area contributed by atoms with Crippen molar-refractivity contribution in [2.45, 2.75) is 69.6 Å². The highest BCUT2D eigenvalue weighted by Crippen LogP contribution is 2.44. The number of anilines is 2.